The third-order valence-electron chi connectivity index (χ3n) is 5.60. The van der Waals surface area contributed by atoms with E-state index in [1.165, 1.54) is 17.2 Å². The lowest BCUT2D eigenvalue weighted by molar-refractivity contribution is -0.0542. The summed E-state index contributed by atoms with van der Waals surface area (Å²) in [5.41, 5.74) is -0.561. The first-order valence-corrected chi connectivity index (χ1v) is 10.6. The van der Waals surface area contributed by atoms with Gasteiger partial charge in [-0.3, -0.25) is 9.36 Å². The van der Waals surface area contributed by atoms with Gasteiger partial charge in [0, 0.05) is 5.56 Å². The summed E-state index contributed by atoms with van der Waals surface area (Å²) in [5.74, 6) is 1.42. The van der Waals surface area contributed by atoms with E-state index in [0.29, 0.717) is 11.1 Å². The van der Waals surface area contributed by atoms with Crippen molar-refractivity contribution in [3.8, 4) is 12.3 Å². The molecule has 1 aliphatic heterocycles. The lowest BCUT2D eigenvalue weighted by Crippen LogP contribution is -2.44. The van der Waals surface area contributed by atoms with Gasteiger partial charge in [-0.1, -0.05) is 42.3 Å². The van der Waals surface area contributed by atoms with Crippen LogP contribution in [0.5, 0.6) is 0 Å². The summed E-state index contributed by atoms with van der Waals surface area (Å²) in [5, 5.41) is 13.7. The average Bonchev–Trinajstić information content (AvgIpc) is 3.47. The van der Waals surface area contributed by atoms with Gasteiger partial charge in [0.15, 0.2) is 34.9 Å². The monoisotopic (exact) mass is 469 g/mol. The number of ether oxygens (including phenoxy) is 2. The van der Waals surface area contributed by atoms with Crippen molar-refractivity contribution in [1.82, 2.24) is 19.5 Å². The molecule has 2 N–H and O–H groups in total. The second kappa shape index (κ2) is 8.98. The van der Waals surface area contributed by atoms with E-state index in [-0.39, 0.29) is 29.5 Å². The highest BCUT2D eigenvalue weighted by Gasteiger charge is 2.52. The molecule has 35 heavy (non-hydrogen) atoms. The van der Waals surface area contributed by atoms with Crippen LogP contribution in [-0.2, 0) is 9.47 Å². The molecule has 3 atom stereocenters. The molecule has 1 fully saturated rings. The maximum atomic E-state index is 12.7. The summed E-state index contributed by atoms with van der Waals surface area (Å²) in [6, 6.07) is 17.0. The number of hydrogen-bond acceptors (Lipinski definition) is 8. The molecule has 0 spiro atoms. The predicted molar refractivity (Wildman–Crippen MR) is 124 cm³/mol. The topological polar surface area (TPSA) is 128 Å². The Morgan fingerprint density at radius 3 is 2.46 bits per heavy atom. The molecule has 5 rings (SSSR count). The number of carbonyl (C=O) groups is 2. The van der Waals surface area contributed by atoms with Crippen LogP contribution in [0.15, 0.2) is 73.3 Å². The number of benzene rings is 2. The molecule has 3 heterocycles. The van der Waals surface area contributed by atoms with Gasteiger partial charge in [0.05, 0.1) is 18.5 Å². The predicted octanol–water partition coefficient (Wildman–Crippen LogP) is 2.20. The zero-order valence-electron chi connectivity index (χ0n) is 18.2. The normalized spacial score (nSPS) is 21.4. The van der Waals surface area contributed by atoms with Crippen molar-refractivity contribution in [2.75, 3.05) is 11.9 Å². The van der Waals surface area contributed by atoms with Crippen LogP contribution in [0.2, 0.25) is 0 Å². The number of terminal acetylenes is 1. The van der Waals surface area contributed by atoms with Crippen LogP contribution in [0.4, 0.5) is 5.82 Å². The van der Waals surface area contributed by atoms with E-state index in [0.717, 1.165) is 0 Å². The smallest absolute Gasteiger partial charge is 0.338 e. The maximum Gasteiger partial charge on any atom is 0.338 e. The van der Waals surface area contributed by atoms with E-state index in [1.54, 1.807) is 60.7 Å². The van der Waals surface area contributed by atoms with E-state index < -0.39 is 23.9 Å². The molecule has 2 aromatic carbocycles. The third-order valence-corrected chi connectivity index (χ3v) is 5.60. The molecule has 0 unspecified atom stereocenters. The van der Waals surface area contributed by atoms with Gasteiger partial charge in [-0.15, -0.1) is 6.42 Å². The van der Waals surface area contributed by atoms with Gasteiger partial charge in [-0.25, -0.2) is 19.7 Å². The Morgan fingerprint density at radius 2 is 1.77 bits per heavy atom. The standard InChI is InChI=1S/C25H19N5O5/c1-2-25(33)13-34-23(19(25)35-24(32)17-11-7-4-8-12-17)30-15-28-18-20(26-14-27-21(18)30)29-22(31)16-9-5-3-6-10-16/h1,3-12,14-15,19,23,33H,13H2,(H,26,27,29,31)/t19-,23+,25-/m0/s1. The molecule has 10 heteroatoms. The quantitative estimate of drug-likeness (QED) is 0.336. The van der Waals surface area contributed by atoms with Gasteiger partial charge in [0.1, 0.15) is 6.33 Å². The van der Waals surface area contributed by atoms with Crippen molar-refractivity contribution in [2.45, 2.75) is 17.9 Å². The molecule has 10 nitrogen and oxygen atoms in total. The molecule has 0 saturated carbocycles. The highest BCUT2D eigenvalue weighted by molar-refractivity contribution is 6.06. The number of nitrogens with zero attached hydrogens (tertiary/aromatic N) is 4. The molecular weight excluding hydrogens is 450 g/mol. The third kappa shape index (κ3) is 4.10. The van der Waals surface area contributed by atoms with Crippen LogP contribution in [0.25, 0.3) is 11.2 Å². The molecule has 1 saturated heterocycles. The van der Waals surface area contributed by atoms with Crippen molar-refractivity contribution < 1.29 is 24.2 Å². The minimum atomic E-state index is -1.87. The van der Waals surface area contributed by atoms with Crippen molar-refractivity contribution >= 4 is 28.9 Å². The van der Waals surface area contributed by atoms with Crippen LogP contribution < -0.4 is 5.32 Å². The first-order valence-electron chi connectivity index (χ1n) is 10.6. The summed E-state index contributed by atoms with van der Waals surface area (Å²) in [7, 11) is 0. The SMILES string of the molecule is C#C[C@]1(O)CO[C@@H](n2cnc3c(NC(=O)c4ccccc4)ncnc32)[C@@H]1OC(=O)c1ccccc1. The molecule has 174 valence electrons. The number of imidazole rings is 1. The molecule has 1 amide bonds. The van der Waals surface area contributed by atoms with Crippen molar-refractivity contribution in [1.29, 1.82) is 0 Å². The lowest BCUT2D eigenvalue weighted by Gasteiger charge is -2.26. The highest BCUT2D eigenvalue weighted by atomic mass is 16.6. The molecule has 2 aromatic heterocycles. The number of rotatable bonds is 5. The van der Waals surface area contributed by atoms with Crippen LogP contribution in [-0.4, -0.2) is 54.8 Å². The van der Waals surface area contributed by atoms with Gasteiger partial charge >= 0.3 is 5.97 Å². The lowest BCUT2D eigenvalue weighted by atomic mass is 10.00. The van der Waals surface area contributed by atoms with E-state index in [1.807, 2.05) is 0 Å². The molecule has 0 radical (unpaired) electrons. The van der Waals surface area contributed by atoms with Gasteiger partial charge in [0.2, 0.25) is 0 Å². The van der Waals surface area contributed by atoms with E-state index >= 15 is 0 Å². The molecule has 1 aliphatic rings. The fourth-order valence-electron chi connectivity index (χ4n) is 3.78. The van der Waals surface area contributed by atoms with E-state index in [4.69, 9.17) is 15.9 Å². The van der Waals surface area contributed by atoms with Crippen LogP contribution in [0.3, 0.4) is 0 Å². The van der Waals surface area contributed by atoms with E-state index in [9.17, 15) is 14.7 Å². The van der Waals surface area contributed by atoms with Gasteiger partial charge in [-0.05, 0) is 24.3 Å². The molecule has 4 aromatic rings. The Bertz CT molecular complexity index is 1430. The van der Waals surface area contributed by atoms with Crippen molar-refractivity contribution in [3.63, 3.8) is 0 Å². The highest BCUT2D eigenvalue weighted by Crippen LogP contribution is 2.36. The van der Waals surface area contributed by atoms with Crippen molar-refractivity contribution in [2.24, 2.45) is 0 Å². The number of carbonyl (C=O) groups excluding carboxylic acids is 2. The Hall–Kier alpha value is -4.59. The fraction of sp³-hybridized carbons (Fsp3) is 0.160. The summed E-state index contributed by atoms with van der Waals surface area (Å²) < 4.78 is 12.9. The Kier molecular flexibility index (Phi) is 5.70. The minimum absolute atomic E-state index is 0.186. The van der Waals surface area contributed by atoms with Crippen LogP contribution >= 0.6 is 0 Å². The molecular formula is C25H19N5O5. The number of esters is 1. The zero-order chi connectivity index (χ0) is 24.4. The number of hydrogen-bond donors (Lipinski definition) is 2. The summed E-state index contributed by atoms with van der Waals surface area (Å²) in [4.78, 5) is 38.1. The van der Waals surface area contributed by atoms with E-state index in [2.05, 4.69) is 26.2 Å². The van der Waals surface area contributed by atoms with Crippen LogP contribution in [0.1, 0.15) is 26.9 Å². The number of fused-ring (bicyclic) bond motifs is 1. The fourth-order valence-corrected chi connectivity index (χ4v) is 3.78. The van der Waals surface area contributed by atoms with Gasteiger partial charge in [-0.2, -0.15) is 0 Å². The van der Waals surface area contributed by atoms with Crippen LogP contribution in [0, 0.1) is 12.3 Å². The maximum absolute atomic E-state index is 12.7. The summed E-state index contributed by atoms with van der Waals surface area (Å²) in [6.07, 6.45) is 5.94. The van der Waals surface area contributed by atoms with Gasteiger partial charge in [0.25, 0.3) is 5.91 Å². The van der Waals surface area contributed by atoms with Crippen molar-refractivity contribution in [3.05, 3.63) is 84.4 Å². The number of amides is 1. The molecule has 0 aliphatic carbocycles. The Morgan fingerprint density at radius 1 is 1.09 bits per heavy atom. The Balaban J connectivity index is 1.47. The largest absolute Gasteiger partial charge is 0.450 e. The molecule has 0 bridgehead atoms. The number of aromatic nitrogens is 4. The summed E-state index contributed by atoms with van der Waals surface area (Å²) in [6.45, 7) is -0.275. The Labute approximate surface area is 199 Å². The average molecular weight is 469 g/mol. The number of anilines is 1. The first kappa shape index (κ1) is 22.2. The summed E-state index contributed by atoms with van der Waals surface area (Å²) >= 11 is 0. The second-order valence-corrected chi connectivity index (χ2v) is 7.83. The zero-order valence-corrected chi connectivity index (χ0v) is 18.2. The van der Waals surface area contributed by atoms with Gasteiger partial charge < -0.3 is 19.9 Å². The number of aliphatic hydroxyl groups is 1. The first-order chi connectivity index (χ1) is 17.0. The minimum Gasteiger partial charge on any atom is -0.450 e. The second-order valence-electron chi connectivity index (χ2n) is 7.83. The number of nitrogens with one attached hydrogen (secondary N) is 1.